The van der Waals surface area contributed by atoms with Crippen LogP contribution in [0.25, 0.3) is 0 Å². The van der Waals surface area contributed by atoms with E-state index in [-0.39, 0.29) is 0 Å². The summed E-state index contributed by atoms with van der Waals surface area (Å²) in [6.07, 6.45) is 0. The van der Waals surface area contributed by atoms with Crippen LogP contribution in [-0.2, 0) is 0 Å². The lowest BCUT2D eigenvalue weighted by Gasteiger charge is -2.12. The Labute approximate surface area is 85.2 Å². The van der Waals surface area contributed by atoms with E-state index in [1.54, 1.807) is 7.11 Å². The van der Waals surface area contributed by atoms with Crippen molar-refractivity contribution in [3.63, 3.8) is 0 Å². The van der Waals surface area contributed by atoms with Gasteiger partial charge in [0.05, 0.1) is 7.11 Å². The molecular formula is C11H17NO2. The molecule has 0 unspecified atom stereocenters. The Morgan fingerprint density at radius 1 is 1.14 bits per heavy atom. The van der Waals surface area contributed by atoms with Crippen LogP contribution in [0.3, 0.4) is 0 Å². The maximum Gasteiger partial charge on any atom is 0.161 e. The van der Waals surface area contributed by atoms with Crippen LogP contribution < -0.4 is 9.47 Å². The normalized spacial score (nSPS) is 10.3. The molecule has 1 aromatic carbocycles. The highest BCUT2D eigenvalue weighted by atomic mass is 16.5. The smallest absolute Gasteiger partial charge is 0.161 e. The van der Waals surface area contributed by atoms with E-state index in [9.17, 15) is 0 Å². The number of nitrogens with zero attached hydrogens (tertiary/aromatic N) is 1. The Kier molecular flexibility index (Phi) is 4.26. The van der Waals surface area contributed by atoms with Crippen LogP contribution in [0.4, 0.5) is 0 Å². The maximum atomic E-state index is 5.57. The van der Waals surface area contributed by atoms with Gasteiger partial charge in [0, 0.05) is 6.54 Å². The van der Waals surface area contributed by atoms with Gasteiger partial charge in [-0.25, -0.2) is 0 Å². The number of likely N-dealkylation sites (N-methyl/N-ethyl adjacent to an activating group) is 1. The highest BCUT2D eigenvalue weighted by Gasteiger charge is 2.01. The minimum atomic E-state index is 0.674. The molecule has 3 heteroatoms. The zero-order chi connectivity index (χ0) is 10.4. The van der Waals surface area contributed by atoms with Crippen molar-refractivity contribution in [2.75, 3.05) is 34.4 Å². The minimum absolute atomic E-state index is 0.674. The van der Waals surface area contributed by atoms with Gasteiger partial charge in [0.2, 0.25) is 0 Å². The predicted molar refractivity (Wildman–Crippen MR) is 57.0 cm³/mol. The Bertz CT molecular complexity index is 274. The lowest BCUT2D eigenvalue weighted by molar-refractivity contribution is 0.250. The van der Waals surface area contributed by atoms with E-state index in [4.69, 9.17) is 9.47 Å². The molecule has 0 aliphatic heterocycles. The summed E-state index contributed by atoms with van der Waals surface area (Å²) in [6, 6.07) is 7.67. The molecule has 1 rings (SSSR count). The molecule has 14 heavy (non-hydrogen) atoms. The summed E-state index contributed by atoms with van der Waals surface area (Å²) < 4.78 is 10.7. The van der Waals surface area contributed by atoms with Crippen molar-refractivity contribution >= 4 is 0 Å². The number of ether oxygens (including phenoxy) is 2. The molecule has 0 bridgehead atoms. The van der Waals surface area contributed by atoms with E-state index >= 15 is 0 Å². The van der Waals surface area contributed by atoms with Crippen molar-refractivity contribution in [1.29, 1.82) is 0 Å². The molecule has 0 N–H and O–H groups in total. The Morgan fingerprint density at radius 3 is 2.36 bits per heavy atom. The van der Waals surface area contributed by atoms with Gasteiger partial charge in [-0.05, 0) is 26.2 Å². The average Bonchev–Trinajstić information content (AvgIpc) is 2.18. The van der Waals surface area contributed by atoms with Gasteiger partial charge in [0.25, 0.3) is 0 Å². The van der Waals surface area contributed by atoms with Gasteiger partial charge in [0.15, 0.2) is 11.5 Å². The zero-order valence-corrected chi connectivity index (χ0v) is 8.99. The molecule has 3 nitrogen and oxygen atoms in total. The van der Waals surface area contributed by atoms with Gasteiger partial charge in [-0.2, -0.15) is 0 Å². The van der Waals surface area contributed by atoms with Gasteiger partial charge in [-0.15, -0.1) is 0 Å². The highest BCUT2D eigenvalue weighted by molar-refractivity contribution is 5.39. The largest absolute Gasteiger partial charge is 0.493 e. The number of rotatable bonds is 5. The molecule has 78 valence electrons. The van der Waals surface area contributed by atoms with E-state index in [1.807, 2.05) is 38.4 Å². The third kappa shape index (κ3) is 3.26. The number of benzene rings is 1. The van der Waals surface area contributed by atoms with Crippen LogP contribution in [0.1, 0.15) is 0 Å². The number of hydrogen-bond acceptors (Lipinski definition) is 3. The van der Waals surface area contributed by atoms with Crippen LogP contribution in [0.2, 0.25) is 0 Å². The Balaban J connectivity index is 2.49. The molecule has 0 fully saturated rings. The summed E-state index contributed by atoms with van der Waals surface area (Å²) in [5.41, 5.74) is 0. The second-order valence-corrected chi connectivity index (χ2v) is 3.30. The van der Waals surface area contributed by atoms with Gasteiger partial charge < -0.3 is 14.4 Å². The zero-order valence-electron chi connectivity index (χ0n) is 8.99. The second-order valence-electron chi connectivity index (χ2n) is 3.30. The van der Waals surface area contributed by atoms with Crippen molar-refractivity contribution in [3.8, 4) is 11.5 Å². The first-order valence-corrected chi connectivity index (χ1v) is 4.64. The molecule has 0 saturated carbocycles. The monoisotopic (exact) mass is 195 g/mol. The summed E-state index contributed by atoms with van der Waals surface area (Å²) >= 11 is 0. The number of para-hydroxylation sites is 2. The van der Waals surface area contributed by atoms with Crippen LogP contribution in [-0.4, -0.2) is 39.3 Å². The van der Waals surface area contributed by atoms with Crippen LogP contribution in [0.5, 0.6) is 11.5 Å². The van der Waals surface area contributed by atoms with Crippen molar-refractivity contribution in [3.05, 3.63) is 24.3 Å². The molecule has 0 aromatic heterocycles. The highest BCUT2D eigenvalue weighted by Crippen LogP contribution is 2.25. The predicted octanol–water partition coefficient (Wildman–Crippen LogP) is 1.64. The molecule has 0 saturated heterocycles. The SMILES string of the molecule is COc1ccccc1OCCN(C)C. The number of methoxy groups -OCH3 is 1. The second kappa shape index (κ2) is 5.50. The minimum Gasteiger partial charge on any atom is -0.493 e. The molecule has 0 spiro atoms. The van der Waals surface area contributed by atoms with E-state index in [0.717, 1.165) is 18.0 Å². The lowest BCUT2D eigenvalue weighted by Crippen LogP contribution is -2.19. The third-order valence-electron chi connectivity index (χ3n) is 1.87. The fraction of sp³-hybridized carbons (Fsp3) is 0.455. The first kappa shape index (κ1) is 10.9. The summed E-state index contributed by atoms with van der Waals surface area (Å²) in [7, 11) is 5.69. The molecule has 0 heterocycles. The van der Waals surface area contributed by atoms with Crippen molar-refractivity contribution in [2.24, 2.45) is 0 Å². The molecule has 0 radical (unpaired) electrons. The van der Waals surface area contributed by atoms with Crippen molar-refractivity contribution in [2.45, 2.75) is 0 Å². The first-order valence-electron chi connectivity index (χ1n) is 4.64. The van der Waals surface area contributed by atoms with Crippen LogP contribution in [0.15, 0.2) is 24.3 Å². The molecule has 0 amide bonds. The fourth-order valence-corrected chi connectivity index (χ4v) is 1.08. The molecule has 0 atom stereocenters. The van der Waals surface area contributed by atoms with E-state index in [2.05, 4.69) is 4.90 Å². The van der Waals surface area contributed by atoms with Gasteiger partial charge >= 0.3 is 0 Å². The van der Waals surface area contributed by atoms with Gasteiger partial charge in [-0.1, -0.05) is 12.1 Å². The topological polar surface area (TPSA) is 21.7 Å². The van der Waals surface area contributed by atoms with Gasteiger partial charge in [-0.3, -0.25) is 0 Å². The first-order chi connectivity index (χ1) is 6.74. The standard InChI is InChI=1S/C11H17NO2/c1-12(2)8-9-14-11-7-5-4-6-10(11)13-3/h4-7H,8-9H2,1-3H3. The quantitative estimate of drug-likeness (QED) is 0.713. The summed E-state index contributed by atoms with van der Waals surface area (Å²) in [6.45, 7) is 1.57. The lowest BCUT2D eigenvalue weighted by atomic mass is 10.3. The third-order valence-corrected chi connectivity index (χ3v) is 1.87. The number of hydrogen-bond donors (Lipinski definition) is 0. The van der Waals surface area contributed by atoms with Crippen molar-refractivity contribution < 1.29 is 9.47 Å². The molecule has 1 aromatic rings. The van der Waals surface area contributed by atoms with E-state index in [1.165, 1.54) is 0 Å². The summed E-state index contributed by atoms with van der Waals surface area (Å²) in [5.74, 6) is 1.59. The maximum absolute atomic E-state index is 5.57. The molecular weight excluding hydrogens is 178 g/mol. The Hall–Kier alpha value is -1.22. The van der Waals surface area contributed by atoms with E-state index in [0.29, 0.717) is 6.61 Å². The summed E-state index contributed by atoms with van der Waals surface area (Å²) in [4.78, 5) is 2.08. The van der Waals surface area contributed by atoms with E-state index < -0.39 is 0 Å². The van der Waals surface area contributed by atoms with Crippen LogP contribution >= 0.6 is 0 Å². The average molecular weight is 195 g/mol. The van der Waals surface area contributed by atoms with Gasteiger partial charge in [0.1, 0.15) is 6.61 Å². The Morgan fingerprint density at radius 2 is 1.79 bits per heavy atom. The molecule has 0 aliphatic rings. The summed E-state index contributed by atoms with van der Waals surface area (Å²) in [5, 5.41) is 0. The van der Waals surface area contributed by atoms with Crippen LogP contribution in [0, 0.1) is 0 Å². The fourth-order valence-electron chi connectivity index (χ4n) is 1.08. The molecule has 0 aliphatic carbocycles. The van der Waals surface area contributed by atoms with Crippen molar-refractivity contribution in [1.82, 2.24) is 4.90 Å².